The zero-order valence-corrected chi connectivity index (χ0v) is 77.2. The van der Waals surface area contributed by atoms with E-state index in [1.807, 2.05) is 369 Å². The molecule has 0 spiro atoms. The van der Waals surface area contributed by atoms with Gasteiger partial charge in [-0.2, -0.15) is 11.3 Å². The number of thiazole rings is 1. The molecule has 8 heterocycles. The lowest BCUT2D eigenvalue weighted by molar-refractivity contribution is 0.181. The molecule has 1 N–H and O–H groups in total. The average Bonchev–Trinajstić information content (AvgIpc) is 2.65. The normalized spacial score (nSPS) is 10.8. The molecule has 2 saturated heterocycles. The number of likely N-dealkylation sites (tertiary alicyclic amines) is 1. The molecule has 11 heteroatoms. The van der Waals surface area contributed by atoms with Gasteiger partial charge in [0.2, 0.25) is 0 Å². The van der Waals surface area contributed by atoms with Gasteiger partial charge in [0.1, 0.15) is 6.26 Å². The van der Waals surface area contributed by atoms with Crippen molar-refractivity contribution in [3.63, 3.8) is 0 Å². The number of thiophene rings is 1. The maximum absolute atomic E-state index is 4.58. The van der Waals surface area contributed by atoms with Crippen molar-refractivity contribution >= 4 is 22.7 Å². The molecule has 0 amide bonds. The van der Waals surface area contributed by atoms with Crippen molar-refractivity contribution in [2.45, 2.75) is 347 Å². The molecule has 1 aromatic carbocycles. The number of nitrogens with zero attached hydrogens (tertiary/aromatic N) is 6. The molecule has 11 rings (SSSR count). The molecule has 612 valence electrons. The Labute approximate surface area is 650 Å². The lowest BCUT2D eigenvalue weighted by Crippen LogP contribution is -2.42. The first-order valence-electron chi connectivity index (χ1n) is 41.1. The highest BCUT2D eigenvalue weighted by atomic mass is 32.1. The molecule has 4 fully saturated rings. The maximum Gasteiger partial charge on any atom is 0.180 e. The molecule has 2 aliphatic carbocycles. The fraction of sp³-hybridized carbons (Fsp3) is 0.678. The van der Waals surface area contributed by atoms with Gasteiger partial charge in [-0.25, -0.2) is 4.98 Å². The summed E-state index contributed by atoms with van der Waals surface area (Å²) < 4.78 is 9.06. The van der Waals surface area contributed by atoms with Crippen LogP contribution in [0.3, 0.4) is 0 Å². The van der Waals surface area contributed by atoms with Crippen molar-refractivity contribution < 1.29 is 8.83 Å². The summed E-state index contributed by atoms with van der Waals surface area (Å²) in [7, 11) is 6.55. The Hall–Kier alpha value is -4.65. The van der Waals surface area contributed by atoms with Crippen LogP contribution in [0.5, 0.6) is 0 Å². The molecule has 101 heavy (non-hydrogen) atoms. The number of piperazine rings is 1. The number of H-pyrrole nitrogens is 1. The van der Waals surface area contributed by atoms with Gasteiger partial charge >= 0.3 is 0 Å². The van der Waals surface area contributed by atoms with Crippen molar-refractivity contribution in [2.24, 2.45) is 5.92 Å². The molecule has 0 unspecified atom stereocenters. The monoisotopic (exact) mass is 1470 g/mol. The van der Waals surface area contributed by atoms with Crippen LogP contribution in [0.2, 0.25) is 0 Å². The van der Waals surface area contributed by atoms with Crippen LogP contribution in [0.4, 0.5) is 0 Å². The lowest BCUT2D eigenvalue weighted by atomic mass is 10.00. The van der Waals surface area contributed by atoms with E-state index in [0.717, 1.165) is 5.92 Å². The third-order valence-electron chi connectivity index (χ3n) is 9.76. The second-order valence-electron chi connectivity index (χ2n) is 15.5. The highest BCUT2D eigenvalue weighted by Crippen LogP contribution is 2.16. The molecule has 7 aromatic rings. The number of piperidine rings is 1. The molecular weight excluding hydrogens is 1280 g/mol. The van der Waals surface area contributed by atoms with Gasteiger partial charge < -0.3 is 28.5 Å². The molecule has 2 aliphatic heterocycles. The van der Waals surface area contributed by atoms with E-state index in [1.54, 1.807) is 65.5 Å². The minimum atomic E-state index is 0. The summed E-state index contributed by atoms with van der Waals surface area (Å²) in [6, 6.07) is 29.3. The van der Waals surface area contributed by atoms with E-state index in [0.29, 0.717) is 0 Å². The summed E-state index contributed by atoms with van der Waals surface area (Å²) in [6.07, 6.45) is 36.0. The third kappa shape index (κ3) is 207. The molecule has 6 aromatic heterocycles. The van der Waals surface area contributed by atoms with E-state index in [2.05, 4.69) is 71.5 Å². The van der Waals surface area contributed by atoms with E-state index in [1.165, 1.54) is 135 Å². The standard InChI is InChI=1S/C7H15N.C6H14N2.C6H12.C6H6.C5H5N.C5H10.C4H5N.C4H4O.C4H4S.C3H3NO.C3H3NS.18C2H6.CH4/c2*1-7-3-5-8(2)6-4-7;3*1-2-4-6-5-3-1;4*1-2-4-5-3-1;2*1-2-5-3-4-1;18*1-2;/h7H,3-6H2,1-2H3;3-6H2,1-2H3;1-6H2;1-6H;1-5H;1-5H2;1-5H;2*1-4H;2*1-3H;18*1-2H3;1H4. The summed E-state index contributed by atoms with van der Waals surface area (Å²) in [5, 5.41) is 6.01. The van der Waals surface area contributed by atoms with Gasteiger partial charge in [0.15, 0.2) is 6.39 Å². The van der Waals surface area contributed by atoms with Gasteiger partial charge in [0.05, 0.1) is 24.2 Å². The third-order valence-corrected chi connectivity index (χ3v) is 10.9. The van der Waals surface area contributed by atoms with E-state index in [9.17, 15) is 0 Å². The fourth-order valence-corrected chi connectivity index (χ4v) is 6.57. The minimum Gasteiger partial charge on any atom is -0.473 e. The van der Waals surface area contributed by atoms with Crippen LogP contribution in [0.1, 0.15) is 347 Å². The smallest absolute Gasteiger partial charge is 0.180 e. The Kier molecular flexibility index (Phi) is 307. The summed E-state index contributed by atoms with van der Waals surface area (Å²) in [5.74, 6) is 0.978. The van der Waals surface area contributed by atoms with Crippen molar-refractivity contribution in [3.8, 4) is 0 Å². The Morgan fingerprint density at radius 2 is 0.574 bits per heavy atom. The van der Waals surface area contributed by atoms with Gasteiger partial charge in [-0.05, 0) is 100 Å². The molecule has 9 nitrogen and oxygen atoms in total. The van der Waals surface area contributed by atoms with Crippen molar-refractivity contribution in [2.75, 3.05) is 60.4 Å². The zero-order valence-electron chi connectivity index (χ0n) is 75.6. The number of aromatic amines is 1. The summed E-state index contributed by atoms with van der Waals surface area (Å²) >= 11 is 3.31. The number of furan rings is 1. The van der Waals surface area contributed by atoms with Crippen molar-refractivity contribution in [3.05, 3.63) is 175 Å². The second kappa shape index (κ2) is 212. The number of hydrogen-bond donors (Lipinski definition) is 1. The topological polar surface area (TPSA) is 90.5 Å². The van der Waals surface area contributed by atoms with Gasteiger partial charge in [-0.3, -0.25) is 9.97 Å². The summed E-state index contributed by atoms with van der Waals surface area (Å²) in [6.45, 7) is 81.9. The Morgan fingerprint density at radius 3 is 0.703 bits per heavy atom. The summed E-state index contributed by atoms with van der Waals surface area (Å²) in [5.41, 5.74) is 1.79. The van der Waals surface area contributed by atoms with E-state index in [-0.39, 0.29) is 7.43 Å². The van der Waals surface area contributed by atoms with Crippen LogP contribution >= 0.6 is 22.7 Å². The van der Waals surface area contributed by atoms with E-state index < -0.39 is 0 Å². The maximum atomic E-state index is 4.58. The minimum absolute atomic E-state index is 0. The van der Waals surface area contributed by atoms with Crippen LogP contribution in [-0.4, -0.2) is 95.0 Å². The van der Waals surface area contributed by atoms with Crippen molar-refractivity contribution in [1.82, 2.24) is 34.6 Å². The molecule has 0 bridgehead atoms. The van der Waals surface area contributed by atoms with Crippen LogP contribution in [0, 0.1) is 5.92 Å². The van der Waals surface area contributed by atoms with E-state index >= 15 is 0 Å². The SMILES string of the molecule is C.C1CCCC1.C1CCCCC1.CC.CC.CC.CC.CC.CC.CC.CC.CC.CC.CC.CC.CC.CC.CC.CC.CC.CC.CC1CCN(C)CC1.CN1CCN(C)CC1.c1cc[nH]c1.c1ccccc1.c1ccncc1.c1ccoc1.c1ccsc1.c1cocn1.c1cscn1. The molecule has 0 atom stereocenters. The Morgan fingerprint density at radius 1 is 0.287 bits per heavy atom. The quantitative estimate of drug-likeness (QED) is 0.161. The number of likely N-dealkylation sites (N-methyl/N-ethyl adjacent to an activating group) is 2. The predicted octanol–water partition coefficient (Wildman–Crippen LogP) is 33.2. The molecule has 2 saturated carbocycles. The zero-order chi connectivity index (χ0) is 81.9. The second-order valence-corrected chi connectivity index (χ2v) is 17.1. The van der Waals surface area contributed by atoms with Gasteiger partial charge in [0.25, 0.3) is 0 Å². The molecule has 0 radical (unpaired) electrons. The molecular formula is C90H193N7O2S2. The largest absolute Gasteiger partial charge is 0.473 e. The first kappa shape index (κ1) is 146. The number of oxazole rings is 1. The number of nitrogens with one attached hydrogen (secondary N) is 1. The first-order chi connectivity index (χ1) is 49.6. The Balaban J connectivity index is -0.0000000413. The van der Waals surface area contributed by atoms with Gasteiger partial charge in [0, 0.05) is 62.5 Å². The van der Waals surface area contributed by atoms with Crippen molar-refractivity contribution in [1.29, 1.82) is 0 Å². The van der Waals surface area contributed by atoms with Gasteiger partial charge in [-0.1, -0.05) is 389 Å². The highest BCUT2D eigenvalue weighted by Gasteiger charge is 2.11. The number of benzene rings is 1. The van der Waals surface area contributed by atoms with Crippen LogP contribution in [-0.2, 0) is 0 Å². The fourth-order valence-electron chi connectivity index (χ4n) is 5.77. The number of pyridine rings is 1. The van der Waals surface area contributed by atoms with Crippen LogP contribution < -0.4 is 0 Å². The molecule has 4 aliphatic rings. The first-order valence-corrected chi connectivity index (χ1v) is 43.0. The number of rotatable bonds is 0. The summed E-state index contributed by atoms with van der Waals surface area (Å²) in [4.78, 5) is 21.1. The number of aromatic nitrogens is 4. The van der Waals surface area contributed by atoms with Crippen LogP contribution in [0.15, 0.2) is 184 Å². The van der Waals surface area contributed by atoms with Gasteiger partial charge in [-0.15, -0.1) is 11.3 Å². The van der Waals surface area contributed by atoms with Crippen LogP contribution in [0.25, 0.3) is 0 Å². The average molecular weight is 1470 g/mol. The Bertz CT molecular complexity index is 1280. The van der Waals surface area contributed by atoms with E-state index in [4.69, 9.17) is 0 Å². The predicted molar refractivity (Wildman–Crippen MR) is 486 cm³/mol. The number of hydrogen-bond acceptors (Lipinski definition) is 10. The highest BCUT2D eigenvalue weighted by molar-refractivity contribution is 7.07. The lowest BCUT2D eigenvalue weighted by Gasteiger charge is -2.28.